The third-order valence-corrected chi connectivity index (χ3v) is 7.16. The van der Waals surface area contributed by atoms with Crippen LogP contribution in [0.2, 0.25) is 6.32 Å². The molecular weight excluding hydrogens is 528 g/mol. The lowest BCUT2D eigenvalue weighted by atomic mass is 9.90. The molecule has 7 nitrogen and oxygen atoms in total. The van der Waals surface area contributed by atoms with Crippen LogP contribution in [0.3, 0.4) is 0 Å². The minimum absolute atomic E-state index is 0.183. The second-order valence-corrected chi connectivity index (χ2v) is 10.6. The number of sulfonamides is 1. The number of aromatic nitrogens is 1. The van der Waals surface area contributed by atoms with Gasteiger partial charge in [-0.25, -0.2) is 8.42 Å². The highest BCUT2D eigenvalue weighted by molar-refractivity contribution is 14.1. The molecule has 0 saturated carbocycles. The summed E-state index contributed by atoms with van der Waals surface area (Å²) in [5, 5.41) is 2.71. The van der Waals surface area contributed by atoms with Crippen molar-refractivity contribution in [1.29, 1.82) is 0 Å². The fraction of sp³-hybridized carbons (Fsp3) is 0.429. The number of anilines is 1. The minimum atomic E-state index is -3.55. The van der Waals surface area contributed by atoms with Gasteiger partial charge in [-0.15, -0.1) is 0 Å². The van der Waals surface area contributed by atoms with Crippen LogP contribution in [0.5, 0.6) is 5.88 Å². The van der Waals surface area contributed by atoms with Gasteiger partial charge in [-0.3, -0.25) is 9.10 Å². The van der Waals surface area contributed by atoms with E-state index in [9.17, 15) is 13.2 Å². The molecule has 1 N–H and O–H groups in total. The number of hydrogen-bond acceptors (Lipinski definition) is 5. The molecule has 2 aromatic rings. The molecule has 1 aromatic heterocycles. The number of fused-ring (bicyclic) bond motifs is 1. The molecule has 10 heteroatoms. The number of nitrogens with zero attached hydrogens (tertiary/aromatic N) is 2. The zero-order valence-electron chi connectivity index (χ0n) is 17.8. The Kier molecular flexibility index (Phi) is 7.51. The highest BCUT2D eigenvalue weighted by Gasteiger charge is 2.42. The van der Waals surface area contributed by atoms with Gasteiger partial charge in [0.2, 0.25) is 21.8 Å². The van der Waals surface area contributed by atoms with Crippen molar-refractivity contribution in [2.75, 3.05) is 24.2 Å². The van der Waals surface area contributed by atoms with Crippen molar-refractivity contribution in [3.8, 4) is 5.88 Å². The maximum Gasteiger partial charge on any atom is 0.233 e. The van der Waals surface area contributed by atoms with Crippen molar-refractivity contribution in [3.63, 3.8) is 0 Å². The first-order chi connectivity index (χ1) is 14.7. The van der Waals surface area contributed by atoms with Crippen LogP contribution < -0.4 is 14.4 Å². The quantitative estimate of drug-likeness (QED) is 0.309. The van der Waals surface area contributed by atoms with E-state index in [1.807, 2.05) is 31.2 Å². The standard InChI is InChI=1S/C21H25BIN3O4S/c1-13-6-8-14(9-7-13)18-17(20(27)24-2)15-12-16(23)19(25-21(15)30-18)26(31(3,28)29)11-5-4-10-22/h6-9,12,17-18H,4-5,10-11H2,1-3H3,(H,24,27). The normalized spacial score (nSPS) is 17.7. The number of unbranched alkanes of at least 4 members (excludes halogenated alkanes) is 1. The first-order valence-electron chi connectivity index (χ1n) is 10.0. The van der Waals surface area contributed by atoms with E-state index in [0.29, 0.717) is 34.1 Å². The maximum absolute atomic E-state index is 12.8. The summed E-state index contributed by atoms with van der Waals surface area (Å²) in [7, 11) is 3.59. The number of carbonyl (C=O) groups is 1. The Hall–Kier alpha value is -1.82. The topological polar surface area (TPSA) is 88.6 Å². The summed E-state index contributed by atoms with van der Waals surface area (Å²) < 4.78 is 33.0. The van der Waals surface area contributed by atoms with Gasteiger partial charge in [0.1, 0.15) is 12.0 Å². The zero-order chi connectivity index (χ0) is 22.8. The molecule has 31 heavy (non-hydrogen) atoms. The summed E-state index contributed by atoms with van der Waals surface area (Å²) in [6.45, 7) is 2.27. The number of amides is 1. The smallest absolute Gasteiger partial charge is 0.233 e. The number of aryl methyl sites for hydroxylation is 1. The average Bonchev–Trinajstić information content (AvgIpc) is 3.08. The van der Waals surface area contributed by atoms with Crippen LogP contribution in [0.1, 0.15) is 41.6 Å². The summed E-state index contributed by atoms with van der Waals surface area (Å²) in [4.78, 5) is 17.3. The molecule has 2 unspecified atom stereocenters. The first-order valence-corrected chi connectivity index (χ1v) is 12.9. The zero-order valence-corrected chi connectivity index (χ0v) is 20.7. The average molecular weight is 553 g/mol. The molecule has 0 aliphatic carbocycles. The fourth-order valence-corrected chi connectivity index (χ4v) is 5.42. The molecule has 1 amide bonds. The molecule has 1 aliphatic heterocycles. The molecule has 0 bridgehead atoms. The summed E-state index contributed by atoms with van der Waals surface area (Å²) in [5.41, 5.74) is 2.61. The van der Waals surface area contributed by atoms with E-state index in [-0.39, 0.29) is 18.3 Å². The van der Waals surface area contributed by atoms with Gasteiger partial charge in [-0.2, -0.15) is 4.98 Å². The number of likely N-dealkylation sites (N-methyl/N-ethyl adjacent to an activating group) is 1. The lowest BCUT2D eigenvalue weighted by molar-refractivity contribution is -0.123. The van der Waals surface area contributed by atoms with Gasteiger partial charge in [0.05, 0.1) is 17.7 Å². The number of pyridine rings is 1. The molecule has 2 atom stereocenters. The van der Waals surface area contributed by atoms with E-state index in [1.54, 1.807) is 13.1 Å². The van der Waals surface area contributed by atoms with Crippen LogP contribution >= 0.6 is 22.6 Å². The predicted octanol–water partition coefficient (Wildman–Crippen LogP) is 3.09. The largest absolute Gasteiger partial charge is 0.468 e. The molecule has 2 heterocycles. The van der Waals surface area contributed by atoms with Crippen LogP contribution in [-0.2, 0) is 14.8 Å². The number of halogens is 1. The van der Waals surface area contributed by atoms with Gasteiger partial charge >= 0.3 is 0 Å². The van der Waals surface area contributed by atoms with Gasteiger partial charge in [-0.1, -0.05) is 42.6 Å². The number of carbonyl (C=O) groups excluding carboxylic acids is 1. The van der Waals surface area contributed by atoms with Crippen molar-refractivity contribution >= 4 is 52.2 Å². The number of hydrogen-bond donors (Lipinski definition) is 1. The van der Waals surface area contributed by atoms with Crippen LogP contribution in [0.4, 0.5) is 5.82 Å². The first kappa shape index (κ1) is 23.8. The van der Waals surface area contributed by atoms with Crippen LogP contribution in [-0.4, -0.2) is 47.0 Å². The molecule has 0 saturated heterocycles. The highest BCUT2D eigenvalue weighted by Crippen LogP contribution is 2.47. The second kappa shape index (κ2) is 9.77. The van der Waals surface area contributed by atoms with Crippen molar-refractivity contribution in [2.45, 2.75) is 38.1 Å². The van der Waals surface area contributed by atoms with Gasteiger partial charge in [0.15, 0.2) is 5.82 Å². The maximum atomic E-state index is 12.8. The van der Waals surface area contributed by atoms with Crippen molar-refractivity contribution in [3.05, 3.63) is 50.6 Å². The second-order valence-electron chi connectivity index (χ2n) is 7.56. The molecule has 3 rings (SSSR count). The highest BCUT2D eigenvalue weighted by atomic mass is 127. The van der Waals surface area contributed by atoms with Crippen LogP contribution in [0.25, 0.3) is 0 Å². The van der Waals surface area contributed by atoms with Gasteiger partial charge in [0.25, 0.3) is 0 Å². The van der Waals surface area contributed by atoms with E-state index in [2.05, 4.69) is 32.9 Å². The molecule has 1 aromatic carbocycles. The van der Waals surface area contributed by atoms with Crippen LogP contribution in [0, 0.1) is 10.5 Å². The van der Waals surface area contributed by atoms with Gasteiger partial charge in [-0.05, 0) is 47.6 Å². The fourth-order valence-electron chi connectivity index (χ4n) is 3.60. The molecule has 0 fully saturated rings. The Labute approximate surface area is 198 Å². The third-order valence-electron chi connectivity index (χ3n) is 5.21. The van der Waals surface area contributed by atoms with Crippen LogP contribution in [0.15, 0.2) is 30.3 Å². The Bertz CT molecular complexity index is 1060. The summed E-state index contributed by atoms with van der Waals surface area (Å²) in [5.74, 6) is -0.180. The van der Waals surface area contributed by atoms with Crippen molar-refractivity contribution in [2.24, 2.45) is 0 Å². The van der Waals surface area contributed by atoms with E-state index in [4.69, 9.17) is 12.6 Å². The molecule has 164 valence electrons. The molecular formula is C21H25BIN3O4S. The lowest BCUT2D eigenvalue weighted by Gasteiger charge is -2.23. The van der Waals surface area contributed by atoms with E-state index < -0.39 is 22.0 Å². The Morgan fingerprint density at radius 3 is 2.55 bits per heavy atom. The molecule has 1 aliphatic rings. The summed E-state index contributed by atoms with van der Waals surface area (Å²) >= 11 is 2.06. The van der Waals surface area contributed by atoms with Gasteiger partial charge < -0.3 is 10.1 Å². The predicted molar refractivity (Wildman–Crippen MR) is 130 cm³/mol. The Morgan fingerprint density at radius 2 is 1.97 bits per heavy atom. The lowest BCUT2D eigenvalue weighted by Crippen LogP contribution is -2.32. The van der Waals surface area contributed by atoms with E-state index in [1.165, 1.54) is 4.31 Å². The monoisotopic (exact) mass is 553 g/mol. The van der Waals surface area contributed by atoms with Gasteiger partial charge in [0, 0.05) is 19.2 Å². The molecule has 0 spiro atoms. The number of rotatable bonds is 8. The van der Waals surface area contributed by atoms with Crippen molar-refractivity contribution < 1.29 is 17.9 Å². The number of benzene rings is 1. The van der Waals surface area contributed by atoms with E-state index in [0.717, 1.165) is 17.4 Å². The van der Waals surface area contributed by atoms with Crippen molar-refractivity contribution in [1.82, 2.24) is 10.3 Å². The Morgan fingerprint density at radius 1 is 1.29 bits per heavy atom. The number of nitrogens with one attached hydrogen (secondary N) is 1. The summed E-state index contributed by atoms with van der Waals surface area (Å²) in [6.07, 6.45) is 2.42. The Balaban J connectivity index is 2.05. The molecule has 2 radical (unpaired) electrons. The number of ether oxygens (including phenoxy) is 1. The SMILES string of the molecule is [B]CCCCN(c1nc2c(cc1I)C(C(=O)NC)C(c1ccc(C)cc1)O2)S(C)(=O)=O. The summed E-state index contributed by atoms with van der Waals surface area (Å²) in [6, 6.07) is 9.60. The van der Waals surface area contributed by atoms with E-state index >= 15 is 0 Å². The third kappa shape index (κ3) is 5.16. The minimum Gasteiger partial charge on any atom is -0.468 e.